The molecule has 8 heteroatoms. The lowest BCUT2D eigenvalue weighted by Gasteiger charge is -2.13. The summed E-state index contributed by atoms with van der Waals surface area (Å²) in [6.07, 6.45) is 0.742. The van der Waals surface area contributed by atoms with Gasteiger partial charge in [-0.1, -0.05) is 36.4 Å². The van der Waals surface area contributed by atoms with Gasteiger partial charge in [-0.15, -0.1) is 0 Å². The molecule has 3 N–H and O–H groups in total. The summed E-state index contributed by atoms with van der Waals surface area (Å²) in [4.78, 5) is 0.105. The first-order chi connectivity index (χ1) is 14.9. The van der Waals surface area contributed by atoms with Gasteiger partial charge >= 0.3 is 0 Å². The van der Waals surface area contributed by atoms with Crippen LogP contribution in [0.5, 0.6) is 11.5 Å². The van der Waals surface area contributed by atoms with Gasteiger partial charge in [0.2, 0.25) is 10.0 Å². The van der Waals surface area contributed by atoms with Crippen molar-refractivity contribution in [2.45, 2.75) is 24.5 Å². The van der Waals surface area contributed by atoms with Gasteiger partial charge in [0.15, 0.2) is 11.5 Å². The van der Waals surface area contributed by atoms with Gasteiger partial charge in [0.25, 0.3) is 0 Å². The van der Waals surface area contributed by atoms with E-state index in [1.165, 1.54) is 18.2 Å². The number of nitrogens with two attached hydrogens (primary N) is 1. The molecule has 0 aliphatic rings. The number of sulfonamides is 1. The number of methoxy groups -OCH3 is 1. The molecule has 0 saturated heterocycles. The van der Waals surface area contributed by atoms with Crippen LogP contribution in [-0.2, 0) is 29.6 Å². The molecule has 0 radical (unpaired) electrons. The van der Waals surface area contributed by atoms with E-state index < -0.39 is 10.0 Å². The first-order valence-corrected chi connectivity index (χ1v) is 11.3. The van der Waals surface area contributed by atoms with Crippen molar-refractivity contribution >= 4 is 10.0 Å². The molecule has 0 heterocycles. The van der Waals surface area contributed by atoms with Crippen LogP contribution in [0, 0.1) is 5.82 Å². The maximum absolute atomic E-state index is 13.8. The van der Waals surface area contributed by atoms with Gasteiger partial charge in [-0.3, -0.25) is 0 Å². The van der Waals surface area contributed by atoms with E-state index in [0.29, 0.717) is 30.2 Å². The van der Waals surface area contributed by atoms with E-state index in [9.17, 15) is 12.8 Å². The molecule has 3 aromatic rings. The molecule has 0 amide bonds. The summed E-state index contributed by atoms with van der Waals surface area (Å²) in [6.45, 7) is 1.45. The van der Waals surface area contributed by atoms with Crippen LogP contribution in [0.3, 0.4) is 0 Å². The normalized spacial score (nSPS) is 11.3. The first-order valence-electron chi connectivity index (χ1n) is 9.72. The van der Waals surface area contributed by atoms with Crippen LogP contribution in [0.25, 0.3) is 0 Å². The molecule has 0 aromatic heterocycles. The molecule has 3 aromatic carbocycles. The second kappa shape index (κ2) is 10.4. The number of rotatable bonds is 10. The van der Waals surface area contributed by atoms with E-state index in [0.717, 1.165) is 17.5 Å². The third-order valence-electron chi connectivity index (χ3n) is 4.74. The highest BCUT2D eigenvalue weighted by atomic mass is 32.2. The highest BCUT2D eigenvalue weighted by molar-refractivity contribution is 7.89. The molecule has 0 unspecified atom stereocenters. The zero-order valence-corrected chi connectivity index (χ0v) is 18.0. The fraction of sp³-hybridized carbons (Fsp3) is 0.217. The SMILES string of the molecule is COc1cc(CNCCc2ccc(S(N)(=O)=O)cc2)ccc1OCc1ccccc1F. The summed E-state index contributed by atoms with van der Waals surface area (Å²) in [5, 5.41) is 8.45. The molecular formula is C23H25FN2O4S. The second-order valence-corrected chi connectivity index (χ2v) is 8.54. The minimum atomic E-state index is -3.67. The number of ether oxygens (including phenoxy) is 2. The average molecular weight is 445 g/mol. The van der Waals surface area contributed by atoms with Crippen LogP contribution in [0.15, 0.2) is 71.6 Å². The van der Waals surface area contributed by atoms with Crippen LogP contribution in [0.1, 0.15) is 16.7 Å². The van der Waals surface area contributed by atoms with Crippen molar-refractivity contribution in [3.05, 3.63) is 89.2 Å². The Morgan fingerprint density at radius 2 is 1.68 bits per heavy atom. The molecule has 0 aliphatic heterocycles. The Kier molecular flexibility index (Phi) is 7.62. The standard InChI is InChI=1S/C23H25FN2O4S/c1-29-23-14-18(8-11-22(23)30-16-19-4-2-3-5-21(19)24)15-26-13-12-17-6-9-20(10-7-17)31(25,27)28/h2-11,14,26H,12-13,15-16H2,1H3,(H2,25,27,28). The molecule has 31 heavy (non-hydrogen) atoms. The molecule has 0 bridgehead atoms. The number of hydrogen-bond donors (Lipinski definition) is 2. The molecule has 0 spiro atoms. The lowest BCUT2D eigenvalue weighted by atomic mass is 10.1. The number of halogens is 1. The maximum Gasteiger partial charge on any atom is 0.238 e. The quantitative estimate of drug-likeness (QED) is 0.468. The van der Waals surface area contributed by atoms with E-state index in [4.69, 9.17) is 14.6 Å². The predicted molar refractivity (Wildman–Crippen MR) is 117 cm³/mol. The molecule has 6 nitrogen and oxygen atoms in total. The van der Waals surface area contributed by atoms with Gasteiger partial charge in [0.1, 0.15) is 12.4 Å². The van der Waals surface area contributed by atoms with E-state index in [2.05, 4.69) is 5.32 Å². The molecule has 0 atom stereocenters. The van der Waals surface area contributed by atoms with Crippen LogP contribution < -0.4 is 19.9 Å². The van der Waals surface area contributed by atoms with Crippen LogP contribution in [0.4, 0.5) is 4.39 Å². The minimum Gasteiger partial charge on any atom is -0.493 e. The van der Waals surface area contributed by atoms with E-state index >= 15 is 0 Å². The van der Waals surface area contributed by atoms with E-state index in [1.807, 2.05) is 18.2 Å². The Bertz CT molecular complexity index is 1120. The third kappa shape index (κ3) is 6.52. The monoisotopic (exact) mass is 444 g/mol. The topological polar surface area (TPSA) is 90.6 Å². The summed E-state index contributed by atoms with van der Waals surface area (Å²) in [5.41, 5.74) is 2.50. The van der Waals surface area contributed by atoms with Crippen molar-refractivity contribution in [2.24, 2.45) is 5.14 Å². The number of primary sulfonamides is 1. The summed E-state index contributed by atoms with van der Waals surface area (Å²) < 4.78 is 47.5. The first kappa shape index (κ1) is 22.7. The van der Waals surface area contributed by atoms with Gasteiger partial charge in [0.05, 0.1) is 12.0 Å². The van der Waals surface area contributed by atoms with Crippen LogP contribution >= 0.6 is 0 Å². The van der Waals surface area contributed by atoms with Gasteiger partial charge in [-0.2, -0.15) is 0 Å². The molecule has 0 fully saturated rings. The maximum atomic E-state index is 13.8. The Morgan fingerprint density at radius 1 is 0.968 bits per heavy atom. The Balaban J connectivity index is 1.51. The predicted octanol–water partition coefficient (Wildman–Crippen LogP) is 3.39. The van der Waals surface area contributed by atoms with Crippen LogP contribution in [-0.4, -0.2) is 22.1 Å². The van der Waals surface area contributed by atoms with E-state index in [-0.39, 0.29) is 17.3 Å². The van der Waals surface area contributed by atoms with Crippen molar-refractivity contribution in [3.63, 3.8) is 0 Å². The molecule has 0 saturated carbocycles. The Labute approximate surface area is 181 Å². The highest BCUT2D eigenvalue weighted by Crippen LogP contribution is 2.29. The van der Waals surface area contributed by atoms with Gasteiger partial charge in [0, 0.05) is 12.1 Å². The van der Waals surface area contributed by atoms with E-state index in [1.54, 1.807) is 37.4 Å². The number of hydrogen-bond acceptors (Lipinski definition) is 5. The summed E-state index contributed by atoms with van der Waals surface area (Å²) in [6, 6.07) is 18.6. The smallest absolute Gasteiger partial charge is 0.238 e. The molecular weight excluding hydrogens is 419 g/mol. The largest absolute Gasteiger partial charge is 0.493 e. The van der Waals surface area contributed by atoms with Crippen molar-refractivity contribution in [1.82, 2.24) is 5.32 Å². The Morgan fingerprint density at radius 3 is 2.35 bits per heavy atom. The molecule has 0 aliphatic carbocycles. The lowest BCUT2D eigenvalue weighted by molar-refractivity contribution is 0.279. The minimum absolute atomic E-state index is 0.105. The summed E-state index contributed by atoms with van der Waals surface area (Å²) in [5.74, 6) is 0.820. The zero-order valence-electron chi connectivity index (χ0n) is 17.2. The summed E-state index contributed by atoms with van der Waals surface area (Å²) >= 11 is 0. The molecule has 3 rings (SSSR count). The van der Waals surface area contributed by atoms with Crippen molar-refractivity contribution in [3.8, 4) is 11.5 Å². The average Bonchev–Trinajstić information content (AvgIpc) is 2.76. The fourth-order valence-corrected chi connectivity index (χ4v) is 3.54. The lowest BCUT2D eigenvalue weighted by Crippen LogP contribution is -2.17. The number of benzene rings is 3. The fourth-order valence-electron chi connectivity index (χ4n) is 3.02. The van der Waals surface area contributed by atoms with Crippen molar-refractivity contribution < 1.29 is 22.3 Å². The van der Waals surface area contributed by atoms with Gasteiger partial charge in [-0.05, 0) is 54.4 Å². The van der Waals surface area contributed by atoms with Gasteiger partial charge in [-0.25, -0.2) is 17.9 Å². The van der Waals surface area contributed by atoms with Crippen molar-refractivity contribution in [2.75, 3.05) is 13.7 Å². The number of nitrogens with one attached hydrogen (secondary N) is 1. The summed E-state index contributed by atoms with van der Waals surface area (Å²) in [7, 11) is -2.11. The third-order valence-corrected chi connectivity index (χ3v) is 5.67. The second-order valence-electron chi connectivity index (χ2n) is 6.98. The zero-order chi connectivity index (χ0) is 22.3. The highest BCUT2D eigenvalue weighted by Gasteiger charge is 2.09. The Hall–Kier alpha value is -2.94. The van der Waals surface area contributed by atoms with Crippen LogP contribution in [0.2, 0.25) is 0 Å². The molecule has 164 valence electrons. The van der Waals surface area contributed by atoms with Crippen molar-refractivity contribution in [1.29, 1.82) is 0 Å². The van der Waals surface area contributed by atoms with Gasteiger partial charge < -0.3 is 14.8 Å².